The van der Waals surface area contributed by atoms with Gasteiger partial charge in [0.15, 0.2) is 5.82 Å². The van der Waals surface area contributed by atoms with Crippen molar-refractivity contribution in [3.05, 3.63) is 112 Å². The van der Waals surface area contributed by atoms with E-state index < -0.39 is 0 Å². The number of benzene rings is 3. The number of H-pyrrole nitrogens is 1. The summed E-state index contributed by atoms with van der Waals surface area (Å²) in [5, 5.41) is 13.8. The smallest absolute Gasteiger partial charge is 0.252 e. The van der Waals surface area contributed by atoms with E-state index in [1.165, 1.54) is 5.56 Å². The van der Waals surface area contributed by atoms with Crippen molar-refractivity contribution in [2.75, 3.05) is 14.2 Å². The number of methoxy groups -OCH3 is 2. The molecule has 0 aliphatic heterocycles. The fourth-order valence-electron chi connectivity index (χ4n) is 5.02. The lowest BCUT2D eigenvalue weighted by atomic mass is 10.1. The van der Waals surface area contributed by atoms with Gasteiger partial charge in [0, 0.05) is 31.3 Å². The molecule has 0 spiro atoms. The Bertz CT molecular complexity index is 1600. The maximum absolute atomic E-state index is 13.2. The molecule has 40 heavy (non-hydrogen) atoms. The predicted molar refractivity (Wildman–Crippen MR) is 154 cm³/mol. The van der Waals surface area contributed by atoms with Gasteiger partial charge >= 0.3 is 0 Å². The summed E-state index contributed by atoms with van der Waals surface area (Å²) >= 11 is 0. The van der Waals surface area contributed by atoms with Crippen LogP contribution in [0.15, 0.2) is 83.7 Å². The van der Waals surface area contributed by atoms with Crippen LogP contribution in [0.2, 0.25) is 0 Å². The first-order valence-electron chi connectivity index (χ1n) is 13.4. The van der Waals surface area contributed by atoms with Crippen LogP contribution in [0.4, 0.5) is 0 Å². The number of ether oxygens (including phenoxy) is 2. The molecule has 0 unspecified atom stereocenters. The van der Waals surface area contributed by atoms with Crippen LogP contribution in [0.1, 0.15) is 41.9 Å². The lowest BCUT2D eigenvalue weighted by molar-refractivity contribution is 0.160. The lowest BCUT2D eigenvalue weighted by Crippen LogP contribution is -2.32. The van der Waals surface area contributed by atoms with Gasteiger partial charge in [-0.15, -0.1) is 5.10 Å². The summed E-state index contributed by atoms with van der Waals surface area (Å²) < 4.78 is 12.6. The fourth-order valence-corrected chi connectivity index (χ4v) is 5.02. The van der Waals surface area contributed by atoms with Gasteiger partial charge in [0.05, 0.1) is 25.8 Å². The van der Waals surface area contributed by atoms with E-state index in [9.17, 15) is 4.79 Å². The van der Waals surface area contributed by atoms with Crippen molar-refractivity contribution in [3.63, 3.8) is 0 Å². The van der Waals surface area contributed by atoms with Crippen LogP contribution in [-0.2, 0) is 26.1 Å². The van der Waals surface area contributed by atoms with Gasteiger partial charge in [-0.05, 0) is 70.1 Å². The third-order valence-corrected chi connectivity index (χ3v) is 7.19. The summed E-state index contributed by atoms with van der Waals surface area (Å²) in [6.45, 7) is 3.82. The number of aromatic amines is 1. The Kier molecular flexibility index (Phi) is 8.51. The molecule has 9 heteroatoms. The van der Waals surface area contributed by atoms with Crippen LogP contribution in [0.25, 0.3) is 10.9 Å². The highest BCUT2D eigenvalue weighted by Crippen LogP contribution is 2.28. The maximum Gasteiger partial charge on any atom is 0.252 e. The number of aryl methyl sites for hydroxylation is 2. The first-order chi connectivity index (χ1) is 19.6. The number of nitrogens with one attached hydrogen (secondary N) is 1. The third-order valence-electron chi connectivity index (χ3n) is 7.19. The molecule has 206 valence electrons. The second-order valence-corrected chi connectivity index (χ2v) is 9.75. The standard InChI is InChI=1S/C31H34N6O3/c1-4-29(30-33-34-35-37(30)17-16-22-8-6-5-7-9-22)36(20-23-10-13-26(39-2)14-11-23)21-25-18-24-12-15-27(40-3)19-28(24)32-31(25)38/h5-15,18-19,29H,4,16-17,20-21H2,1-3H3,(H,32,38)/t29-/m1/s1. The average Bonchev–Trinajstić information content (AvgIpc) is 3.45. The quantitative estimate of drug-likeness (QED) is 0.241. The number of nitrogens with zero attached hydrogens (tertiary/aromatic N) is 5. The maximum atomic E-state index is 13.2. The minimum absolute atomic E-state index is 0.112. The zero-order chi connectivity index (χ0) is 27.9. The molecule has 0 radical (unpaired) electrons. The number of hydrogen-bond donors (Lipinski definition) is 1. The molecule has 1 atom stereocenters. The van der Waals surface area contributed by atoms with Crippen LogP contribution in [0.5, 0.6) is 11.5 Å². The molecule has 0 amide bonds. The summed E-state index contributed by atoms with van der Waals surface area (Å²) in [5.74, 6) is 2.29. The molecule has 5 rings (SSSR count). The second kappa shape index (κ2) is 12.6. The highest BCUT2D eigenvalue weighted by atomic mass is 16.5. The molecule has 3 aromatic carbocycles. The number of hydrogen-bond acceptors (Lipinski definition) is 7. The summed E-state index contributed by atoms with van der Waals surface area (Å²) in [6.07, 6.45) is 1.59. The molecule has 0 aliphatic rings. The summed E-state index contributed by atoms with van der Waals surface area (Å²) in [4.78, 5) is 18.5. The van der Waals surface area contributed by atoms with Crippen LogP contribution in [-0.4, -0.2) is 44.3 Å². The van der Waals surface area contributed by atoms with Crippen LogP contribution in [0, 0.1) is 0 Å². The number of pyridine rings is 1. The Hall–Kier alpha value is -4.50. The van der Waals surface area contributed by atoms with Gasteiger partial charge in [0.2, 0.25) is 0 Å². The molecule has 2 heterocycles. The van der Waals surface area contributed by atoms with Crippen LogP contribution < -0.4 is 15.0 Å². The van der Waals surface area contributed by atoms with Crippen molar-refractivity contribution >= 4 is 10.9 Å². The molecule has 2 aromatic heterocycles. The molecule has 0 bridgehead atoms. The zero-order valence-electron chi connectivity index (χ0n) is 23.1. The number of tetrazole rings is 1. The zero-order valence-corrected chi connectivity index (χ0v) is 23.1. The highest BCUT2D eigenvalue weighted by Gasteiger charge is 2.26. The molecular weight excluding hydrogens is 504 g/mol. The molecule has 0 saturated heterocycles. The summed E-state index contributed by atoms with van der Waals surface area (Å²) in [7, 11) is 3.27. The van der Waals surface area contributed by atoms with Gasteiger partial charge in [0.25, 0.3) is 5.56 Å². The molecule has 0 fully saturated rings. The van der Waals surface area contributed by atoms with Gasteiger partial charge in [0.1, 0.15) is 11.5 Å². The largest absolute Gasteiger partial charge is 0.497 e. The number of aromatic nitrogens is 5. The van der Waals surface area contributed by atoms with Crippen molar-refractivity contribution in [2.24, 2.45) is 0 Å². The van der Waals surface area contributed by atoms with E-state index in [-0.39, 0.29) is 11.6 Å². The molecule has 0 saturated carbocycles. The van der Waals surface area contributed by atoms with Gasteiger partial charge in [-0.25, -0.2) is 4.68 Å². The third kappa shape index (κ3) is 6.21. The molecular formula is C31H34N6O3. The lowest BCUT2D eigenvalue weighted by Gasteiger charge is -2.30. The van der Waals surface area contributed by atoms with E-state index in [1.807, 2.05) is 71.4 Å². The Labute approximate surface area is 233 Å². The minimum atomic E-state index is -0.126. The summed E-state index contributed by atoms with van der Waals surface area (Å²) in [5.41, 5.74) is 3.62. The molecule has 0 aliphatic carbocycles. The van der Waals surface area contributed by atoms with E-state index in [4.69, 9.17) is 9.47 Å². The Morgan fingerprint density at radius 2 is 1.65 bits per heavy atom. The average molecular weight is 539 g/mol. The Balaban J connectivity index is 1.47. The summed E-state index contributed by atoms with van der Waals surface area (Å²) in [6, 6.07) is 25.9. The molecule has 1 N–H and O–H groups in total. The van der Waals surface area contributed by atoms with E-state index in [0.29, 0.717) is 30.9 Å². The van der Waals surface area contributed by atoms with E-state index >= 15 is 0 Å². The predicted octanol–water partition coefficient (Wildman–Crippen LogP) is 4.93. The fraction of sp³-hybridized carbons (Fsp3) is 0.290. The topological polar surface area (TPSA) is 98.2 Å². The SMILES string of the molecule is CC[C@H](c1nnnn1CCc1ccccc1)N(Cc1ccc(OC)cc1)Cc1cc2ccc(OC)cc2[nH]c1=O. The van der Waals surface area contributed by atoms with Crippen LogP contribution in [0.3, 0.4) is 0 Å². The number of rotatable bonds is 12. The Morgan fingerprint density at radius 1 is 0.900 bits per heavy atom. The Morgan fingerprint density at radius 3 is 2.38 bits per heavy atom. The van der Waals surface area contributed by atoms with E-state index in [0.717, 1.165) is 40.9 Å². The van der Waals surface area contributed by atoms with Crippen molar-refractivity contribution in [2.45, 2.75) is 45.4 Å². The first kappa shape index (κ1) is 27.1. The van der Waals surface area contributed by atoms with E-state index in [2.05, 4.69) is 44.5 Å². The van der Waals surface area contributed by atoms with Crippen LogP contribution >= 0.6 is 0 Å². The van der Waals surface area contributed by atoms with Gasteiger partial charge in [-0.2, -0.15) is 0 Å². The van der Waals surface area contributed by atoms with Crippen molar-refractivity contribution in [3.8, 4) is 11.5 Å². The van der Waals surface area contributed by atoms with E-state index in [1.54, 1.807) is 14.2 Å². The molecule has 5 aromatic rings. The van der Waals surface area contributed by atoms with Gasteiger partial charge < -0.3 is 14.5 Å². The normalized spacial score (nSPS) is 12.1. The monoisotopic (exact) mass is 538 g/mol. The van der Waals surface area contributed by atoms with Crippen molar-refractivity contribution in [1.29, 1.82) is 0 Å². The second-order valence-electron chi connectivity index (χ2n) is 9.75. The van der Waals surface area contributed by atoms with Gasteiger partial charge in [-0.3, -0.25) is 9.69 Å². The highest BCUT2D eigenvalue weighted by molar-refractivity contribution is 5.80. The first-order valence-corrected chi connectivity index (χ1v) is 13.4. The minimum Gasteiger partial charge on any atom is -0.497 e. The van der Waals surface area contributed by atoms with Gasteiger partial charge in [-0.1, -0.05) is 49.4 Å². The number of fused-ring (bicyclic) bond motifs is 1. The van der Waals surface area contributed by atoms with Crippen molar-refractivity contribution in [1.82, 2.24) is 30.1 Å². The van der Waals surface area contributed by atoms with Crippen molar-refractivity contribution < 1.29 is 9.47 Å². The molecule has 9 nitrogen and oxygen atoms in total.